The zero-order chi connectivity index (χ0) is 18.8. The molecule has 1 aliphatic rings. The van der Waals surface area contributed by atoms with Gasteiger partial charge < -0.3 is 25.0 Å². The second-order valence-corrected chi connectivity index (χ2v) is 5.97. The van der Waals surface area contributed by atoms with Gasteiger partial charge in [-0.1, -0.05) is 6.07 Å². The fourth-order valence-electron chi connectivity index (χ4n) is 2.83. The molecule has 0 atom stereocenters. The molecule has 1 amide bonds. The number of nitrogens with zero attached hydrogens (tertiary/aromatic N) is 3. The Labute approximate surface area is 178 Å². The van der Waals surface area contributed by atoms with Gasteiger partial charge in [0.05, 0.1) is 20.3 Å². The van der Waals surface area contributed by atoms with Gasteiger partial charge in [0, 0.05) is 37.4 Å². The lowest BCUT2D eigenvalue weighted by Gasteiger charge is -2.32. The van der Waals surface area contributed by atoms with Crippen molar-refractivity contribution in [3.05, 3.63) is 23.9 Å². The lowest BCUT2D eigenvalue weighted by Crippen LogP contribution is -2.49. The number of hydrogen-bond donors (Lipinski definition) is 2. The second-order valence-electron chi connectivity index (χ2n) is 5.97. The van der Waals surface area contributed by atoms with Gasteiger partial charge in [0.2, 0.25) is 5.88 Å². The molecule has 2 rings (SSSR count). The molecule has 1 aliphatic heterocycles. The zero-order valence-electron chi connectivity index (χ0n) is 16.2. The van der Waals surface area contributed by atoms with Crippen molar-refractivity contribution in [1.82, 2.24) is 20.5 Å². The van der Waals surface area contributed by atoms with Crippen LogP contribution in [0.1, 0.15) is 32.3 Å². The minimum atomic E-state index is -0.227. The highest BCUT2D eigenvalue weighted by Gasteiger charge is 2.24. The smallest absolute Gasteiger partial charge is 0.409 e. The van der Waals surface area contributed by atoms with E-state index in [0.717, 1.165) is 30.9 Å². The van der Waals surface area contributed by atoms with Crippen LogP contribution in [0.4, 0.5) is 4.79 Å². The predicted octanol–water partition coefficient (Wildman–Crippen LogP) is 2.38. The van der Waals surface area contributed by atoms with Crippen LogP contribution in [0.25, 0.3) is 0 Å². The van der Waals surface area contributed by atoms with Gasteiger partial charge in [-0.05, 0) is 32.8 Å². The number of guanidine groups is 1. The molecule has 2 heterocycles. The predicted molar refractivity (Wildman–Crippen MR) is 116 cm³/mol. The summed E-state index contributed by atoms with van der Waals surface area (Å²) in [6.07, 6.45) is 3.20. The van der Waals surface area contributed by atoms with Crippen molar-refractivity contribution in [3.8, 4) is 5.88 Å². The summed E-state index contributed by atoms with van der Waals surface area (Å²) >= 11 is 0. The second kappa shape index (κ2) is 12.6. The molecular weight excluding hydrogens is 461 g/mol. The van der Waals surface area contributed by atoms with Gasteiger partial charge in [0.1, 0.15) is 0 Å². The van der Waals surface area contributed by atoms with E-state index in [2.05, 4.69) is 20.6 Å². The molecule has 152 valence electrons. The Morgan fingerprint density at radius 3 is 2.74 bits per heavy atom. The van der Waals surface area contributed by atoms with Crippen molar-refractivity contribution in [1.29, 1.82) is 0 Å². The Bertz CT molecular complexity index is 606. The molecule has 27 heavy (non-hydrogen) atoms. The van der Waals surface area contributed by atoms with Crippen LogP contribution in [-0.4, -0.2) is 61.3 Å². The van der Waals surface area contributed by atoms with Crippen molar-refractivity contribution in [3.63, 3.8) is 0 Å². The first-order chi connectivity index (χ1) is 12.7. The van der Waals surface area contributed by atoms with Crippen molar-refractivity contribution in [2.45, 2.75) is 39.3 Å². The number of piperidine rings is 1. The molecule has 0 bridgehead atoms. The van der Waals surface area contributed by atoms with Crippen LogP contribution in [0.3, 0.4) is 0 Å². The number of aromatic nitrogens is 1. The van der Waals surface area contributed by atoms with Gasteiger partial charge in [0.25, 0.3) is 0 Å². The summed E-state index contributed by atoms with van der Waals surface area (Å²) in [6, 6.07) is 4.10. The molecule has 0 aliphatic carbocycles. The third-order valence-electron chi connectivity index (χ3n) is 4.16. The average Bonchev–Trinajstić information content (AvgIpc) is 2.67. The van der Waals surface area contributed by atoms with Crippen molar-refractivity contribution >= 4 is 36.0 Å². The van der Waals surface area contributed by atoms with Crippen LogP contribution in [0.5, 0.6) is 5.88 Å². The number of amides is 1. The number of aliphatic imine (C=N–C) groups is 1. The number of carbonyl (C=O) groups is 1. The van der Waals surface area contributed by atoms with Gasteiger partial charge in [-0.2, -0.15) is 0 Å². The summed E-state index contributed by atoms with van der Waals surface area (Å²) in [6.45, 7) is 6.89. The van der Waals surface area contributed by atoms with Crippen LogP contribution in [0.2, 0.25) is 0 Å². The molecule has 1 saturated heterocycles. The number of ether oxygens (including phenoxy) is 2. The highest BCUT2D eigenvalue weighted by molar-refractivity contribution is 14.0. The summed E-state index contributed by atoms with van der Waals surface area (Å²) < 4.78 is 10.3. The SMILES string of the molecule is CCNC(=NCc1cccnc1OC)NC1CCN(C(=O)OCC)CC1.I. The number of nitrogens with one attached hydrogen (secondary N) is 2. The maximum Gasteiger partial charge on any atom is 0.409 e. The summed E-state index contributed by atoms with van der Waals surface area (Å²) in [5.41, 5.74) is 0.935. The van der Waals surface area contributed by atoms with Crippen molar-refractivity contribution < 1.29 is 14.3 Å². The Morgan fingerprint density at radius 2 is 2.11 bits per heavy atom. The fraction of sp³-hybridized carbons (Fsp3) is 0.611. The molecule has 9 heteroatoms. The van der Waals surface area contributed by atoms with Gasteiger partial charge in [-0.3, -0.25) is 0 Å². The van der Waals surface area contributed by atoms with Crippen LogP contribution < -0.4 is 15.4 Å². The molecule has 8 nitrogen and oxygen atoms in total. The molecular formula is C18H30IN5O3. The normalized spacial score (nSPS) is 14.9. The van der Waals surface area contributed by atoms with Gasteiger partial charge in [-0.25, -0.2) is 14.8 Å². The quantitative estimate of drug-likeness (QED) is 0.361. The molecule has 2 N–H and O–H groups in total. The third kappa shape index (κ3) is 7.39. The highest BCUT2D eigenvalue weighted by atomic mass is 127. The molecule has 1 fully saturated rings. The van der Waals surface area contributed by atoms with Gasteiger partial charge in [0.15, 0.2) is 5.96 Å². The molecule has 0 aromatic carbocycles. The standard InChI is InChI=1S/C18H29N5O3.HI/c1-4-19-17(21-13-14-7-6-10-20-16(14)25-3)22-15-8-11-23(12-9-15)18(24)26-5-2;/h6-7,10,15H,4-5,8-9,11-13H2,1-3H3,(H2,19,21,22);1H. The summed E-state index contributed by atoms with van der Waals surface area (Å²) in [7, 11) is 1.61. The maximum absolute atomic E-state index is 11.8. The molecule has 0 spiro atoms. The first kappa shape index (κ1) is 23.3. The molecule has 0 unspecified atom stereocenters. The van der Waals surface area contributed by atoms with E-state index < -0.39 is 0 Å². The zero-order valence-corrected chi connectivity index (χ0v) is 18.6. The Morgan fingerprint density at radius 1 is 1.37 bits per heavy atom. The molecule has 1 aromatic heterocycles. The topological polar surface area (TPSA) is 88.1 Å². The largest absolute Gasteiger partial charge is 0.481 e. The Balaban J connectivity index is 0.00000364. The summed E-state index contributed by atoms with van der Waals surface area (Å²) in [5, 5.41) is 6.72. The number of halogens is 1. The number of hydrogen-bond acceptors (Lipinski definition) is 5. The summed E-state index contributed by atoms with van der Waals surface area (Å²) in [5.74, 6) is 1.35. The van der Waals surface area contributed by atoms with E-state index in [1.807, 2.05) is 26.0 Å². The third-order valence-corrected chi connectivity index (χ3v) is 4.16. The number of pyridine rings is 1. The van der Waals surface area contributed by atoms with Crippen molar-refractivity contribution in [2.24, 2.45) is 4.99 Å². The average molecular weight is 491 g/mol. The number of carbonyl (C=O) groups excluding carboxylic acids is 1. The van der Waals surface area contributed by atoms with E-state index in [1.54, 1.807) is 18.2 Å². The van der Waals surface area contributed by atoms with Crippen molar-refractivity contribution in [2.75, 3.05) is 33.4 Å². The lowest BCUT2D eigenvalue weighted by atomic mass is 10.1. The van der Waals surface area contributed by atoms with E-state index >= 15 is 0 Å². The molecule has 1 aromatic rings. The fourth-order valence-corrected chi connectivity index (χ4v) is 2.83. The lowest BCUT2D eigenvalue weighted by molar-refractivity contribution is 0.0963. The first-order valence-electron chi connectivity index (χ1n) is 9.12. The van der Waals surface area contributed by atoms with Gasteiger partial charge >= 0.3 is 6.09 Å². The van der Waals surface area contributed by atoms with E-state index in [1.165, 1.54) is 0 Å². The minimum absolute atomic E-state index is 0. The van der Waals surface area contributed by atoms with E-state index in [4.69, 9.17) is 9.47 Å². The van der Waals surface area contributed by atoms with E-state index in [0.29, 0.717) is 32.1 Å². The van der Waals surface area contributed by atoms with Crippen LogP contribution in [-0.2, 0) is 11.3 Å². The monoisotopic (exact) mass is 491 g/mol. The van der Waals surface area contributed by atoms with E-state index in [-0.39, 0.29) is 36.1 Å². The summed E-state index contributed by atoms with van der Waals surface area (Å²) in [4.78, 5) is 22.4. The molecule has 0 saturated carbocycles. The molecule has 0 radical (unpaired) electrons. The maximum atomic E-state index is 11.8. The Hall–Kier alpha value is -1.78. The first-order valence-corrected chi connectivity index (χ1v) is 9.12. The number of likely N-dealkylation sites (tertiary alicyclic amines) is 1. The highest BCUT2D eigenvalue weighted by Crippen LogP contribution is 2.15. The minimum Gasteiger partial charge on any atom is -0.481 e. The van der Waals surface area contributed by atoms with Crippen LogP contribution in [0.15, 0.2) is 23.3 Å². The van der Waals surface area contributed by atoms with Crippen LogP contribution in [0, 0.1) is 0 Å². The number of rotatable bonds is 6. The Kier molecular flexibility index (Phi) is 10.8. The number of methoxy groups -OCH3 is 1. The van der Waals surface area contributed by atoms with Crippen LogP contribution >= 0.6 is 24.0 Å². The van der Waals surface area contributed by atoms with E-state index in [9.17, 15) is 4.79 Å². The van der Waals surface area contributed by atoms with Gasteiger partial charge in [-0.15, -0.1) is 24.0 Å².